The lowest BCUT2D eigenvalue weighted by molar-refractivity contribution is -0.0438. The van der Waals surface area contributed by atoms with Crippen molar-refractivity contribution in [3.05, 3.63) is 47.7 Å². The third kappa shape index (κ3) is 4.72. The Labute approximate surface area is 187 Å². The largest absolute Gasteiger partial charge is 0.503 e. The first-order chi connectivity index (χ1) is 15.5. The van der Waals surface area contributed by atoms with E-state index in [1.807, 2.05) is 0 Å². The minimum absolute atomic E-state index is 0.00172. The van der Waals surface area contributed by atoms with Crippen LogP contribution in [0, 0.1) is 0 Å². The van der Waals surface area contributed by atoms with E-state index in [4.69, 9.17) is 9.47 Å². The van der Waals surface area contributed by atoms with E-state index in [2.05, 4.69) is 4.98 Å². The van der Waals surface area contributed by atoms with Gasteiger partial charge in [-0.3, -0.25) is 9.59 Å². The van der Waals surface area contributed by atoms with Gasteiger partial charge in [-0.1, -0.05) is 0 Å². The first kappa shape index (κ1) is 24.3. The number of pyridine rings is 1. The molecule has 1 aliphatic rings. The van der Waals surface area contributed by atoms with Crippen LogP contribution >= 0.6 is 0 Å². The molecule has 178 valence electrons. The van der Waals surface area contributed by atoms with Gasteiger partial charge in [0.05, 0.1) is 19.8 Å². The molecule has 0 atom stereocenters. The number of amides is 2. The highest BCUT2D eigenvalue weighted by atomic mass is 32.2. The second kappa shape index (κ2) is 9.25. The van der Waals surface area contributed by atoms with Crippen LogP contribution in [0.3, 0.4) is 0 Å². The van der Waals surface area contributed by atoms with Crippen LogP contribution in [0.25, 0.3) is 0 Å². The molecule has 1 saturated heterocycles. The molecule has 0 aliphatic carbocycles. The van der Waals surface area contributed by atoms with Crippen LogP contribution in [0.4, 0.5) is 13.2 Å². The number of benzene rings is 1. The monoisotopic (exact) mass is 487 g/mol. The Balaban J connectivity index is 1.75. The molecule has 1 aromatic carbocycles. The molecule has 1 aliphatic heterocycles. The van der Waals surface area contributed by atoms with E-state index in [9.17, 15) is 31.2 Å². The van der Waals surface area contributed by atoms with Gasteiger partial charge in [-0.15, -0.1) is 0 Å². The molecule has 3 rings (SSSR count). The Kier molecular flexibility index (Phi) is 6.81. The Morgan fingerprint density at radius 3 is 2.06 bits per heavy atom. The number of methoxy groups -OCH3 is 2. The summed E-state index contributed by atoms with van der Waals surface area (Å²) in [4.78, 5) is 31.6. The van der Waals surface area contributed by atoms with Gasteiger partial charge >= 0.3 is 5.51 Å². The van der Waals surface area contributed by atoms with E-state index >= 15 is 0 Å². The van der Waals surface area contributed by atoms with Crippen LogP contribution in [0.5, 0.6) is 11.5 Å². The summed E-state index contributed by atoms with van der Waals surface area (Å²) in [7, 11) is -2.91. The number of nitrogens with zero attached hydrogens (tertiary/aromatic N) is 3. The maximum Gasteiger partial charge on any atom is 0.503 e. The summed E-state index contributed by atoms with van der Waals surface area (Å²) in [6.07, 6.45) is 0.870. The van der Waals surface area contributed by atoms with Crippen molar-refractivity contribution in [2.75, 3.05) is 40.4 Å². The van der Waals surface area contributed by atoms with Gasteiger partial charge in [-0.2, -0.15) is 13.2 Å². The lowest BCUT2D eigenvalue weighted by Crippen LogP contribution is -2.50. The predicted octanol–water partition coefficient (Wildman–Crippen LogP) is 1.99. The van der Waals surface area contributed by atoms with Crippen LogP contribution < -0.4 is 9.47 Å². The van der Waals surface area contributed by atoms with E-state index in [0.717, 1.165) is 12.3 Å². The smallest absolute Gasteiger partial charge is 0.493 e. The molecule has 0 saturated carbocycles. The molecule has 33 heavy (non-hydrogen) atoms. The number of ether oxygens (including phenoxy) is 2. The third-order valence-corrected chi connectivity index (χ3v) is 6.49. The van der Waals surface area contributed by atoms with Crippen molar-refractivity contribution in [2.24, 2.45) is 0 Å². The molecule has 2 amide bonds. The van der Waals surface area contributed by atoms with Crippen molar-refractivity contribution in [2.45, 2.75) is 10.5 Å². The third-order valence-electron chi connectivity index (χ3n) is 5.05. The first-order valence-electron chi connectivity index (χ1n) is 9.58. The summed E-state index contributed by atoms with van der Waals surface area (Å²) in [5, 5.41) is -1.34. The molecule has 13 heteroatoms. The van der Waals surface area contributed by atoms with Crippen LogP contribution in [-0.2, 0) is 9.84 Å². The summed E-state index contributed by atoms with van der Waals surface area (Å²) in [5.41, 5.74) is -5.94. The summed E-state index contributed by atoms with van der Waals surface area (Å²) in [6, 6.07) is 6.82. The Hall–Kier alpha value is -3.35. The van der Waals surface area contributed by atoms with Gasteiger partial charge in [-0.25, -0.2) is 13.4 Å². The van der Waals surface area contributed by atoms with E-state index in [0.29, 0.717) is 17.1 Å². The van der Waals surface area contributed by atoms with E-state index in [1.165, 1.54) is 36.2 Å². The van der Waals surface area contributed by atoms with Crippen molar-refractivity contribution in [3.8, 4) is 11.5 Å². The lowest BCUT2D eigenvalue weighted by atomic mass is 10.1. The molecule has 9 nitrogen and oxygen atoms in total. The minimum atomic E-state index is -5.81. The second-order valence-corrected chi connectivity index (χ2v) is 8.82. The van der Waals surface area contributed by atoms with Crippen LogP contribution in [0.2, 0.25) is 0 Å². The van der Waals surface area contributed by atoms with Crippen LogP contribution in [0.1, 0.15) is 20.7 Å². The average Bonchev–Trinajstić information content (AvgIpc) is 2.82. The molecule has 2 aromatic rings. The number of sulfone groups is 1. The lowest BCUT2D eigenvalue weighted by Gasteiger charge is -2.35. The Morgan fingerprint density at radius 2 is 1.52 bits per heavy atom. The fourth-order valence-corrected chi connectivity index (χ4v) is 4.18. The molecule has 0 bridgehead atoms. The van der Waals surface area contributed by atoms with E-state index in [-0.39, 0.29) is 32.1 Å². The van der Waals surface area contributed by atoms with Gasteiger partial charge in [0.15, 0.2) is 16.5 Å². The number of hydrogen-bond donors (Lipinski definition) is 0. The van der Waals surface area contributed by atoms with Gasteiger partial charge in [0, 0.05) is 37.9 Å². The summed E-state index contributed by atoms with van der Waals surface area (Å²) in [5.74, 6) is -0.424. The van der Waals surface area contributed by atoms with E-state index < -0.39 is 31.8 Å². The summed E-state index contributed by atoms with van der Waals surface area (Å²) < 4.78 is 73.0. The van der Waals surface area contributed by atoms with Gasteiger partial charge in [0.25, 0.3) is 21.7 Å². The van der Waals surface area contributed by atoms with Gasteiger partial charge < -0.3 is 19.3 Å². The maximum atomic E-state index is 13.0. The molecule has 0 radical (unpaired) electrons. The quantitative estimate of drug-likeness (QED) is 0.635. The van der Waals surface area contributed by atoms with Crippen molar-refractivity contribution in [3.63, 3.8) is 0 Å². The zero-order valence-corrected chi connectivity index (χ0v) is 18.4. The number of halogens is 3. The molecule has 0 spiro atoms. The number of hydrogen-bond acceptors (Lipinski definition) is 7. The topological polar surface area (TPSA) is 106 Å². The highest BCUT2D eigenvalue weighted by molar-refractivity contribution is 7.92. The summed E-state index contributed by atoms with van der Waals surface area (Å²) in [6.45, 7) is 0.192. The number of piperazine rings is 1. The average molecular weight is 487 g/mol. The zero-order chi connectivity index (χ0) is 24.4. The number of aromatic nitrogens is 1. The SMILES string of the molecule is COc1ccc(C(=O)N2CCN(C(=O)c3cccnc3S(=O)(=O)C(F)(F)F)CC2)cc1OC. The van der Waals surface area contributed by atoms with Gasteiger partial charge in [0.1, 0.15) is 0 Å². The van der Waals surface area contributed by atoms with Crippen LogP contribution in [0.15, 0.2) is 41.6 Å². The number of carbonyl (C=O) groups is 2. The molecule has 2 heterocycles. The first-order valence-corrected chi connectivity index (χ1v) is 11.1. The molecule has 1 fully saturated rings. The maximum absolute atomic E-state index is 13.0. The van der Waals surface area contributed by atoms with Crippen molar-refractivity contribution in [1.29, 1.82) is 0 Å². The predicted molar refractivity (Wildman–Crippen MR) is 109 cm³/mol. The standard InChI is InChI=1S/C20H20F3N3O6S/c1-31-15-6-5-13(12-16(15)32-2)18(27)25-8-10-26(11-9-25)19(28)14-4-3-7-24-17(14)33(29,30)20(21,22)23/h3-7,12H,8-11H2,1-2H3. The van der Waals surface area contributed by atoms with Gasteiger partial charge in [0.2, 0.25) is 0 Å². The summed E-state index contributed by atoms with van der Waals surface area (Å²) >= 11 is 0. The Morgan fingerprint density at radius 1 is 0.939 bits per heavy atom. The number of alkyl halides is 3. The molecular weight excluding hydrogens is 467 g/mol. The zero-order valence-electron chi connectivity index (χ0n) is 17.6. The number of carbonyl (C=O) groups excluding carboxylic acids is 2. The van der Waals surface area contributed by atoms with Crippen molar-refractivity contribution in [1.82, 2.24) is 14.8 Å². The molecular formula is C20H20F3N3O6S. The highest BCUT2D eigenvalue weighted by Crippen LogP contribution is 2.31. The van der Waals surface area contributed by atoms with Crippen molar-refractivity contribution >= 4 is 21.7 Å². The molecule has 0 N–H and O–H groups in total. The van der Waals surface area contributed by atoms with Crippen molar-refractivity contribution < 1.29 is 40.7 Å². The Bertz CT molecular complexity index is 1160. The fraction of sp³-hybridized carbons (Fsp3) is 0.350. The number of rotatable bonds is 5. The molecule has 1 aromatic heterocycles. The highest BCUT2D eigenvalue weighted by Gasteiger charge is 2.49. The van der Waals surface area contributed by atoms with Gasteiger partial charge in [-0.05, 0) is 30.3 Å². The van der Waals surface area contributed by atoms with Crippen LogP contribution in [-0.4, -0.2) is 80.9 Å². The normalized spacial score (nSPS) is 14.7. The minimum Gasteiger partial charge on any atom is -0.493 e. The molecule has 0 unspecified atom stereocenters. The fourth-order valence-electron chi connectivity index (χ4n) is 3.31. The van der Waals surface area contributed by atoms with E-state index in [1.54, 1.807) is 12.1 Å². The second-order valence-electron chi connectivity index (χ2n) is 6.96.